The van der Waals surface area contributed by atoms with E-state index >= 15 is 0 Å². The number of esters is 1. The Kier molecular flexibility index (Phi) is 6.04. The van der Waals surface area contributed by atoms with Gasteiger partial charge in [-0.2, -0.15) is 5.26 Å². The highest BCUT2D eigenvalue weighted by atomic mass is 32.2. The van der Waals surface area contributed by atoms with Gasteiger partial charge in [0, 0.05) is 5.92 Å². The second kappa shape index (κ2) is 8.02. The second-order valence-corrected chi connectivity index (χ2v) is 6.63. The number of benzene rings is 1. The van der Waals surface area contributed by atoms with Crippen LogP contribution < -0.4 is 5.32 Å². The molecule has 1 N–H and O–H groups in total. The molecule has 0 bridgehead atoms. The first-order valence-corrected chi connectivity index (χ1v) is 8.75. The van der Waals surface area contributed by atoms with Crippen LogP contribution in [0.25, 0.3) is 0 Å². The summed E-state index contributed by atoms with van der Waals surface area (Å²) in [6.45, 7) is 3.93. The van der Waals surface area contributed by atoms with E-state index in [0.717, 1.165) is 23.3 Å². The van der Waals surface area contributed by atoms with Crippen LogP contribution in [-0.4, -0.2) is 24.7 Å². The van der Waals surface area contributed by atoms with Crippen molar-refractivity contribution in [2.24, 2.45) is 5.92 Å². The third-order valence-electron chi connectivity index (χ3n) is 3.96. The van der Waals surface area contributed by atoms with E-state index in [9.17, 15) is 14.9 Å². The Balaban J connectivity index is 2.63. The van der Waals surface area contributed by atoms with Crippen LogP contribution in [0.1, 0.15) is 30.4 Å². The van der Waals surface area contributed by atoms with Crippen molar-refractivity contribution in [2.45, 2.75) is 26.2 Å². The van der Waals surface area contributed by atoms with Crippen LogP contribution in [0, 0.1) is 24.2 Å². The molecule has 6 heteroatoms. The lowest BCUT2D eigenvalue weighted by atomic mass is 9.77. The molecule has 0 aliphatic carbocycles. The van der Waals surface area contributed by atoms with Gasteiger partial charge in [-0.25, -0.2) is 0 Å². The Morgan fingerprint density at radius 2 is 2.12 bits per heavy atom. The van der Waals surface area contributed by atoms with Gasteiger partial charge in [0.05, 0.1) is 23.8 Å². The number of carbonyl (C=O) groups excluding carboxylic acids is 2. The van der Waals surface area contributed by atoms with Crippen LogP contribution in [-0.2, 0) is 14.3 Å². The lowest BCUT2D eigenvalue weighted by Crippen LogP contribution is -2.44. The zero-order valence-electron chi connectivity index (χ0n) is 14.0. The normalized spacial score (nSPS) is 20.3. The molecule has 1 heterocycles. The van der Waals surface area contributed by atoms with Gasteiger partial charge in [-0.3, -0.25) is 9.59 Å². The Morgan fingerprint density at radius 1 is 1.42 bits per heavy atom. The minimum atomic E-state index is -1.06. The molecule has 24 heavy (non-hydrogen) atoms. The topological polar surface area (TPSA) is 79.2 Å². The number of carbonyl (C=O) groups is 2. The molecule has 0 radical (unpaired) electrons. The number of nitriles is 1. The van der Waals surface area contributed by atoms with Gasteiger partial charge in [0.2, 0.25) is 5.91 Å². The van der Waals surface area contributed by atoms with Gasteiger partial charge in [0.15, 0.2) is 0 Å². The first-order valence-electron chi connectivity index (χ1n) is 7.76. The van der Waals surface area contributed by atoms with Gasteiger partial charge in [-0.15, -0.1) is 11.8 Å². The monoisotopic (exact) mass is 344 g/mol. The second-order valence-electron chi connectivity index (χ2n) is 5.53. The van der Waals surface area contributed by atoms with Crippen LogP contribution in [0.5, 0.6) is 0 Å². The number of nitrogens with one attached hydrogen (secondary N) is 1. The van der Waals surface area contributed by atoms with E-state index in [2.05, 4.69) is 11.4 Å². The highest BCUT2D eigenvalue weighted by Crippen LogP contribution is 2.41. The van der Waals surface area contributed by atoms with E-state index < -0.39 is 23.7 Å². The maximum atomic E-state index is 12.6. The molecule has 0 saturated heterocycles. The van der Waals surface area contributed by atoms with Crippen molar-refractivity contribution in [3.63, 3.8) is 0 Å². The summed E-state index contributed by atoms with van der Waals surface area (Å²) < 4.78 is 4.82. The van der Waals surface area contributed by atoms with E-state index in [1.54, 1.807) is 0 Å². The van der Waals surface area contributed by atoms with E-state index in [-0.39, 0.29) is 0 Å². The molecule has 1 amide bonds. The zero-order chi connectivity index (χ0) is 17.7. The number of ether oxygens (including phenoxy) is 1. The number of amides is 1. The number of hydrogen-bond donors (Lipinski definition) is 1. The van der Waals surface area contributed by atoms with Crippen molar-refractivity contribution in [3.8, 4) is 6.07 Å². The van der Waals surface area contributed by atoms with Crippen molar-refractivity contribution in [1.29, 1.82) is 5.26 Å². The smallest absolute Gasteiger partial charge is 0.319 e. The van der Waals surface area contributed by atoms with Crippen molar-refractivity contribution < 1.29 is 14.3 Å². The number of aryl methyl sites for hydroxylation is 1. The molecule has 5 nitrogen and oxygen atoms in total. The Morgan fingerprint density at radius 3 is 2.71 bits per heavy atom. The number of thioether (sulfide) groups is 1. The number of methoxy groups -OCH3 is 1. The Labute approximate surface area is 146 Å². The maximum Gasteiger partial charge on any atom is 0.319 e. The predicted octanol–water partition coefficient (Wildman–Crippen LogP) is 2.88. The highest BCUT2D eigenvalue weighted by Gasteiger charge is 2.44. The quantitative estimate of drug-likeness (QED) is 0.656. The Hall–Kier alpha value is -2.26. The molecule has 1 aliphatic rings. The third-order valence-corrected chi connectivity index (χ3v) is 5.18. The lowest BCUT2D eigenvalue weighted by Gasteiger charge is -2.31. The predicted molar refractivity (Wildman–Crippen MR) is 93.0 cm³/mol. The van der Waals surface area contributed by atoms with Crippen molar-refractivity contribution in [1.82, 2.24) is 5.32 Å². The van der Waals surface area contributed by atoms with Crippen LogP contribution >= 0.6 is 11.8 Å². The molecule has 126 valence electrons. The highest BCUT2D eigenvalue weighted by molar-refractivity contribution is 8.03. The third kappa shape index (κ3) is 3.46. The summed E-state index contributed by atoms with van der Waals surface area (Å²) >= 11 is 1.43. The van der Waals surface area contributed by atoms with E-state index in [0.29, 0.717) is 10.6 Å². The van der Waals surface area contributed by atoms with E-state index in [4.69, 9.17) is 4.74 Å². The lowest BCUT2D eigenvalue weighted by molar-refractivity contribution is -0.150. The van der Waals surface area contributed by atoms with E-state index in [1.807, 2.05) is 38.1 Å². The summed E-state index contributed by atoms with van der Waals surface area (Å²) in [5, 5.41) is 13.0. The summed E-state index contributed by atoms with van der Waals surface area (Å²) in [4.78, 5) is 24.8. The average molecular weight is 344 g/mol. The van der Waals surface area contributed by atoms with Crippen molar-refractivity contribution in [2.75, 3.05) is 12.9 Å². The van der Waals surface area contributed by atoms with E-state index in [1.165, 1.54) is 18.9 Å². The fraction of sp³-hybridized carbons (Fsp3) is 0.389. The van der Waals surface area contributed by atoms with Gasteiger partial charge >= 0.3 is 5.97 Å². The number of allylic oxidation sites excluding steroid dienone is 1. The van der Waals surface area contributed by atoms with Crippen LogP contribution in [0.3, 0.4) is 0 Å². The molecule has 0 aromatic heterocycles. The SMILES string of the molecule is CCCSC1=C(C#N)[C@H](c2ccccc2C)[C@@H](C(=O)OC)C(=O)N1. The molecular formula is C18H20N2O3S. The molecule has 0 saturated carbocycles. The standard InChI is InChI=1S/C18H20N2O3S/c1-4-9-24-17-13(10-19)14(12-8-6-5-7-11(12)2)15(16(21)20-17)18(22)23-3/h5-8,14-15H,4,9H2,1-3H3,(H,20,21)/t14-,15+/m0/s1. The summed E-state index contributed by atoms with van der Waals surface area (Å²) in [5.74, 6) is -1.96. The average Bonchev–Trinajstić information content (AvgIpc) is 2.59. The minimum Gasteiger partial charge on any atom is -0.468 e. The van der Waals surface area contributed by atoms with Gasteiger partial charge in [0.25, 0.3) is 0 Å². The molecule has 0 unspecified atom stereocenters. The first-order chi connectivity index (χ1) is 11.5. The fourth-order valence-corrected chi connectivity index (χ4v) is 3.70. The summed E-state index contributed by atoms with van der Waals surface area (Å²) in [6, 6.07) is 9.70. The minimum absolute atomic E-state index is 0.415. The first kappa shape index (κ1) is 18.1. The molecule has 0 spiro atoms. The van der Waals surface area contributed by atoms with Crippen molar-refractivity contribution >= 4 is 23.6 Å². The largest absolute Gasteiger partial charge is 0.468 e. The molecule has 1 aliphatic heterocycles. The summed E-state index contributed by atoms with van der Waals surface area (Å²) in [5.41, 5.74) is 2.14. The van der Waals surface area contributed by atoms with Crippen molar-refractivity contribution in [3.05, 3.63) is 46.0 Å². The van der Waals surface area contributed by atoms with Gasteiger partial charge in [-0.1, -0.05) is 31.2 Å². The van der Waals surface area contributed by atoms with Crippen LogP contribution in [0.4, 0.5) is 0 Å². The van der Waals surface area contributed by atoms with Crippen LogP contribution in [0.2, 0.25) is 0 Å². The Bertz CT molecular complexity index is 721. The maximum absolute atomic E-state index is 12.6. The molecule has 2 atom stereocenters. The molecule has 1 aromatic carbocycles. The van der Waals surface area contributed by atoms with Crippen LogP contribution in [0.15, 0.2) is 34.9 Å². The number of rotatable bonds is 5. The molecular weight excluding hydrogens is 324 g/mol. The fourth-order valence-electron chi connectivity index (χ4n) is 2.80. The summed E-state index contributed by atoms with van der Waals surface area (Å²) in [6.07, 6.45) is 0.915. The van der Waals surface area contributed by atoms with Gasteiger partial charge in [-0.05, 0) is 30.2 Å². The molecule has 1 aromatic rings. The summed E-state index contributed by atoms with van der Waals surface area (Å²) in [7, 11) is 1.25. The van der Waals surface area contributed by atoms with Gasteiger partial charge < -0.3 is 10.1 Å². The zero-order valence-corrected chi connectivity index (χ0v) is 14.8. The molecule has 2 rings (SSSR count). The molecule has 0 fully saturated rings. The van der Waals surface area contributed by atoms with Gasteiger partial charge in [0.1, 0.15) is 5.92 Å². The number of hydrogen-bond acceptors (Lipinski definition) is 5. The number of nitrogens with zero attached hydrogens (tertiary/aromatic N) is 1.